The summed E-state index contributed by atoms with van der Waals surface area (Å²) in [7, 11) is 0. The fourth-order valence-corrected chi connectivity index (χ4v) is 7.83. The van der Waals surface area contributed by atoms with Crippen LogP contribution >= 0.6 is 0 Å². The first-order chi connectivity index (χ1) is 28.3. The molecule has 0 aliphatic carbocycles. The number of benzene rings is 9. The average molecular weight is 731 g/mol. The van der Waals surface area contributed by atoms with Gasteiger partial charge in [0.25, 0.3) is 0 Å². The van der Waals surface area contributed by atoms with Crippen molar-refractivity contribution in [3.8, 4) is 33.4 Å². The number of hydrogen-bond donors (Lipinski definition) is 0. The van der Waals surface area contributed by atoms with E-state index in [1.807, 2.05) is 12.1 Å². The summed E-state index contributed by atoms with van der Waals surface area (Å²) < 4.78 is 6.49. The Morgan fingerprint density at radius 3 is 1.11 bits per heavy atom. The van der Waals surface area contributed by atoms with E-state index in [1.54, 1.807) is 0 Å². The van der Waals surface area contributed by atoms with Gasteiger partial charge in [0.05, 0.1) is 5.69 Å². The molecule has 0 aliphatic rings. The van der Waals surface area contributed by atoms with Gasteiger partial charge in [-0.15, -0.1) is 0 Å². The van der Waals surface area contributed by atoms with E-state index in [4.69, 9.17) is 4.42 Å². The van der Waals surface area contributed by atoms with Gasteiger partial charge in [0.15, 0.2) is 5.58 Å². The standard InChI is InChI=1S/C54H38N2O/c1-4-13-39(14-5-1)40-23-25-41(26-24-40)42-27-33-47(34-28-42)55(45-15-6-2-7-16-45)48-35-29-43(30-36-48)44-31-37-49(38-32-44)56(46-17-8-3-9-18-46)52-21-12-20-51-50-19-10-11-22-53(50)57-54(51)52/h1-38H. The minimum absolute atomic E-state index is 0.873. The molecule has 0 fully saturated rings. The van der Waals surface area contributed by atoms with E-state index in [2.05, 4.69) is 228 Å². The molecule has 1 aromatic heterocycles. The third kappa shape index (κ3) is 6.62. The summed E-state index contributed by atoms with van der Waals surface area (Å²) in [6.07, 6.45) is 0. The molecule has 57 heavy (non-hydrogen) atoms. The lowest BCUT2D eigenvalue weighted by Crippen LogP contribution is -2.10. The van der Waals surface area contributed by atoms with Gasteiger partial charge in [0, 0.05) is 39.2 Å². The van der Waals surface area contributed by atoms with Crippen molar-refractivity contribution in [2.24, 2.45) is 0 Å². The number of nitrogens with zero attached hydrogens (tertiary/aromatic N) is 2. The summed E-state index contributed by atoms with van der Waals surface area (Å²) in [5.41, 5.74) is 15.3. The second kappa shape index (κ2) is 14.9. The van der Waals surface area contributed by atoms with Crippen LogP contribution in [-0.4, -0.2) is 0 Å². The van der Waals surface area contributed by atoms with Gasteiger partial charge in [0.2, 0.25) is 0 Å². The quantitative estimate of drug-likeness (QED) is 0.147. The maximum absolute atomic E-state index is 6.49. The van der Waals surface area contributed by atoms with Gasteiger partial charge in [-0.25, -0.2) is 0 Å². The lowest BCUT2D eigenvalue weighted by molar-refractivity contribution is 0.669. The zero-order valence-corrected chi connectivity index (χ0v) is 31.2. The predicted octanol–water partition coefficient (Wildman–Crippen LogP) is 15.5. The summed E-state index contributed by atoms with van der Waals surface area (Å²) in [6, 6.07) is 81.5. The molecule has 0 N–H and O–H groups in total. The Kier molecular flexibility index (Phi) is 8.86. The zero-order valence-electron chi connectivity index (χ0n) is 31.2. The van der Waals surface area contributed by atoms with Gasteiger partial charge >= 0.3 is 0 Å². The van der Waals surface area contributed by atoms with Crippen LogP contribution in [0.5, 0.6) is 0 Å². The van der Waals surface area contributed by atoms with Crippen molar-refractivity contribution in [1.82, 2.24) is 0 Å². The third-order valence-electron chi connectivity index (χ3n) is 10.7. The van der Waals surface area contributed by atoms with Gasteiger partial charge in [-0.05, 0) is 106 Å². The number of rotatable bonds is 9. The molecule has 270 valence electrons. The van der Waals surface area contributed by atoms with Crippen LogP contribution in [0, 0.1) is 0 Å². The van der Waals surface area contributed by atoms with E-state index in [1.165, 1.54) is 22.3 Å². The maximum Gasteiger partial charge on any atom is 0.159 e. The van der Waals surface area contributed by atoms with Crippen LogP contribution in [0.25, 0.3) is 55.3 Å². The van der Waals surface area contributed by atoms with E-state index in [0.717, 1.165) is 67.2 Å². The fourth-order valence-electron chi connectivity index (χ4n) is 7.83. The molecule has 3 nitrogen and oxygen atoms in total. The summed E-state index contributed by atoms with van der Waals surface area (Å²) >= 11 is 0. The summed E-state index contributed by atoms with van der Waals surface area (Å²) in [5, 5.41) is 2.23. The van der Waals surface area contributed by atoms with Gasteiger partial charge in [-0.3, -0.25) is 0 Å². The summed E-state index contributed by atoms with van der Waals surface area (Å²) in [5.74, 6) is 0. The molecule has 0 radical (unpaired) electrons. The Balaban J connectivity index is 0.944. The highest BCUT2D eigenvalue weighted by atomic mass is 16.3. The molecule has 10 rings (SSSR count). The summed E-state index contributed by atoms with van der Waals surface area (Å²) in [4.78, 5) is 4.59. The fraction of sp³-hybridized carbons (Fsp3) is 0. The first kappa shape index (κ1) is 33.9. The number of anilines is 6. The number of fused-ring (bicyclic) bond motifs is 3. The van der Waals surface area contributed by atoms with Crippen molar-refractivity contribution >= 4 is 56.1 Å². The predicted molar refractivity (Wildman–Crippen MR) is 239 cm³/mol. The Morgan fingerprint density at radius 2 is 0.596 bits per heavy atom. The van der Waals surface area contributed by atoms with Crippen LogP contribution < -0.4 is 9.80 Å². The minimum Gasteiger partial charge on any atom is -0.454 e. The number of hydrogen-bond acceptors (Lipinski definition) is 3. The van der Waals surface area contributed by atoms with E-state index < -0.39 is 0 Å². The van der Waals surface area contributed by atoms with Crippen LogP contribution in [0.3, 0.4) is 0 Å². The molecular formula is C54H38N2O. The molecule has 0 spiro atoms. The molecule has 0 atom stereocenters. The maximum atomic E-state index is 6.49. The second-order valence-corrected chi connectivity index (χ2v) is 14.2. The first-order valence-electron chi connectivity index (χ1n) is 19.3. The SMILES string of the molecule is c1ccc(-c2ccc(-c3ccc(N(c4ccccc4)c4ccc(-c5ccc(N(c6ccccc6)c6cccc7c6oc6ccccc67)cc5)cc4)cc3)cc2)cc1. The highest BCUT2D eigenvalue weighted by Gasteiger charge is 2.19. The third-order valence-corrected chi connectivity index (χ3v) is 10.7. The van der Waals surface area contributed by atoms with Gasteiger partial charge in [0.1, 0.15) is 5.58 Å². The molecule has 0 saturated carbocycles. The van der Waals surface area contributed by atoms with Gasteiger partial charge < -0.3 is 14.2 Å². The summed E-state index contributed by atoms with van der Waals surface area (Å²) in [6.45, 7) is 0. The molecule has 0 bridgehead atoms. The van der Waals surface area contributed by atoms with Crippen molar-refractivity contribution in [2.75, 3.05) is 9.80 Å². The Morgan fingerprint density at radius 1 is 0.246 bits per heavy atom. The molecule has 1 heterocycles. The largest absolute Gasteiger partial charge is 0.454 e. The lowest BCUT2D eigenvalue weighted by atomic mass is 10.00. The van der Waals surface area contributed by atoms with Crippen molar-refractivity contribution in [1.29, 1.82) is 0 Å². The van der Waals surface area contributed by atoms with Crippen molar-refractivity contribution in [3.63, 3.8) is 0 Å². The Hall–Kier alpha value is -7.62. The normalized spacial score (nSPS) is 11.2. The smallest absolute Gasteiger partial charge is 0.159 e. The van der Waals surface area contributed by atoms with Crippen LogP contribution in [0.1, 0.15) is 0 Å². The van der Waals surface area contributed by atoms with Crippen LogP contribution in [0.2, 0.25) is 0 Å². The molecule has 0 aliphatic heterocycles. The molecule has 0 unspecified atom stereocenters. The average Bonchev–Trinajstić information content (AvgIpc) is 3.68. The molecule has 3 heteroatoms. The first-order valence-corrected chi connectivity index (χ1v) is 19.3. The van der Waals surface area contributed by atoms with E-state index in [0.29, 0.717) is 0 Å². The van der Waals surface area contributed by atoms with Gasteiger partial charge in [-0.1, -0.05) is 158 Å². The zero-order chi connectivity index (χ0) is 38.0. The number of para-hydroxylation sites is 4. The molecule has 9 aromatic carbocycles. The van der Waals surface area contributed by atoms with Gasteiger partial charge in [-0.2, -0.15) is 0 Å². The highest BCUT2D eigenvalue weighted by Crippen LogP contribution is 2.43. The number of furan rings is 1. The topological polar surface area (TPSA) is 19.6 Å². The van der Waals surface area contributed by atoms with Crippen LogP contribution in [0.15, 0.2) is 235 Å². The van der Waals surface area contributed by atoms with Crippen molar-refractivity contribution < 1.29 is 4.42 Å². The highest BCUT2D eigenvalue weighted by molar-refractivity contribution is 6.10. The lowest BCUT2D eigenvalue weighted by Gasteiger charge is -2.26. The Labute approximate surface area is 333 Å². The van der Waals surface area contributed by atoms with Crippen molar-refractivity contribution in [2.45, 2.75) is 0 Å². The molecule has 0 amide bonds. The van der Waals surface area contributed by atoms with Crippen molar-refractivity contribution in [3.05, 3.63) is 231 Å². The molecule has 0 saturated heterocycles. The minimum atomic E-state index is 0.873. The van der Waals surface area contributed by atoms with Crippen LogP contribution in [-0.2, 0) is 0 Å². The molecule has 10 aromatic rings. The van der Waals surface area contributed by atoms with E-state index in [-0.39, 0.29) is 0 Å². The van der Waals surface area contributed by atoms with E-state index >= 15 is 0 Å². The van der Waals surface area contributed by atoms with Crippen LogP contribution in [0.4, 0.5) is 34.1 Å². The Bertz CT molecular complexity index is 2900. The molecular weight excluding hydrogens is 693 g/mol. The second-order valence-electron chi connectivity index (χ2n) is 14.2. The monoisotopic (exact) mass is 730 g/mol. The van der Waals surface area contributed by atoms with E-state index in [9.17, 15) is 0 Å².